The molecule has 0 saturated heterocycles. The lowest BCUT2D eigenvalue weighted by molar-refractivity contribution is -0.115. The summed E-state index contributed by atoms with van der Waals surface area (Å²) in [5.41, 5.74) is 1.02. The lowest BCUT2D eigenvalue weighted by Gasteiger charge is -2.03. The average Bonchev–Trinajstić information content (AvgIpc) is 2.34. The maximum absolute atomic E-state index is 11.2. The molecule has 84 valence electrons. The van der Waals surface area contributed by atoms with E-state index in [1.54, 1.807) is 7.11 Å². The smallest absolute Gasteiger partial charge is 0.296 e. The Morgan fingerprint density at radius 2 is 2.06 bits per heavy atom. The zero-order chi connectivity index (χ0) is 11.8. The minimum atomic E-state index is -0.238. The van der Waals surface area contributed by atoms with Gasteiger partial charge in [-0.05, 0) is 23.6 Å². The van der Waals surface area contributed by atoms with Gasteiger partial charge in [-0.1, -0.05) is 25.0 Å². The van der Waals surface area contributed by atoms with E-state index in [0.717, 1.165) is 11.3 Å². The van der Waals surface area contributed by atoms with Crippen LogP contribution in [-0.4, -0.2) is 13.0 Å². The van der Waals surface area contributed by atoms with Crippen molar-refractivity contribution in [2.45, 2.75) is 19.9 Å². The molecule has 0 fully saturated rings. The van der Waals surface area contributed by atoms with Gasteiger partial charge in [-0.25, -0.2) is 0 Å². The fourth-order valence-corrected chi connectivity index (χ4v) is 1.14. The highest BCUT2D eigenvalue weighted by Gasteiger charge is 1.97. The Labute approximate surface area is 95.8 Å². The molecule has 0 aliphatic rings. The SMILES string of the molecule is CCC#CC(=O)NCc1ccc(OC)cc1. The lowest BCUT2D eigenvalue weighted by atomic mass is 10.2. The number of ether oxygens (including phenoxy) is 1. The molecule has 0 unspecified atom stereocenters. The van der Waals surface area contributed by atoms with Crippen LogP contribution < -0.4 is 10.1 Å². The summed E-state index contributed by atoms with van der Waals surface area (Å²) in [4.78, 5) is 11.2. The minimum absolute atomic E-state index is 0.238. The summed E-state index contributed by atoms with van der Waals surface area (Å²) in [5, 5.41) is 2.72. The Bertz CT molecular complexity index is 398. The third kappa shape index (κ3) is 4.05. The van der Waals surface area contributed by atoms with E-state index >= 15 is 0 Å². The highest BCUT2D eigenvalue weighted by Crippen LogP contribution is 2.10. The molecule has 16 heavy (non-hydrogen) atoms. The fourth-order valence-electron chi connectivity index (χ4n) is 1.14. The van der Waals surface area contributed by atoms with E-state index in [1.807, 2.05) is 31.2 Å². The predicted molar refractivity (Wildman–Crippen MR) is 62.9 cm³/mol. The van der Waals surface area contributed by atoms with E-state index < -0.39 is 0 Å². The Balaban J connectivity index is 2.45. The van der Waals surface area contributed by atoms with Crippen molar-refractivity contribution in [3.05, 3.63) is 29.8 Å². The monoisotopic (exact) mass is 217 g/mol. The van der Waals surface area contributed by atoms with E-state index in [0.29, 0.717) is 13.0 Å². The van der Waals surface area contributed by atoms with Crippen LogP contribution in [0.4, 0.5) is 0 Å². The molecule has 3 nitrogen and oxygen atoms in total. The molecule has 1 rings (SSSR count). The van der Waals surface area contributed by atoms with Gasteiger partial charge in [0.25, 0.3) is 5.91 Å². The van der Waals surface area contributed by atoms with Crippen molar-refractivity contribution < 1.29 is 9.53 Å². The van der Waals surface area contributed by atoms with Gasteiger partial charge in [0.2, 0.25) is 0 Å². The van der Waals surface area contributed by atoms with Crippen LogP contribution in [0, 0.1) is 11.8 Å². The van der Waals surface area contributed by atoms with Gasteiger partial charge in [0, 0.05) is 13.0 Å². The largest absolute Gasteiger partial charge is 0.497 e. The van der Waals surface area contributed by atoms with E-state index in [-0.39, 0.29) is 5.91 Å². The van der Waals surface area contributed by atoms with Crippen molar-refractivity contribution >= 4 is 5.91 Å². The Kier molecular flexibility index (Phi) is 4.94. The minimum Gasteiger partial charge on any atom is -0.497 e. The Morgan fingerprint density at radius 1 is 1.38 bits per heavy atom. The molecule has 0 atom stereocenters. The first-order valence-corrected chi connectivity index (χ1v) is 5.16. The molecule has 0 radical (unpaired) electrons. The van der Waals surface area contributed by atoms with Crippen molar-refractivity contribution in [3.8, 4) is 17.6 Å². The average molecular weight is 217 g/mol. The second-order valence-electron chi connectivity index (χ2n) is 3.19. The van der Waals surface area contributed by atoms with E-state index in [4.69, 9.17) is 4.74 Å². The summed E-state index contributed by atoms with van der Waals surface area (Å²) in [6.45, 7) is 2.39. The molecule has 1 aromatic rings. The van der Waals surface area contributed by atoms with Gasteiger partial charge >= 0.3 is 0 Å². The molecule has 0 aliphatic heterocycles. The van der Waals surface area contributed by atoms with Crippen molar-refractivity contribution in [2.75, 3.05) is 7.11 Å². The van der Waals surface area contributed by atoms with Gasteiger partial charge in [-0.15, -0.1) is 0 Å². The molecule has 1 aromatic carbocycles. The van der Waals surface area contributed by atoms with E-state index in [9.17, 15) is 4.79 Å². The first-order chi connectivity index (χ1) is 7.76. The number of carbonyl (C=O) groups excluding carboxylic acids is 1. The number of hydrogen-bond donors (Lipinski definition) is 1. The summed E-state index contributed by atoms with van der Waals surface area (Å²) in [6.07, 6.45) is 0.690. The summed E-state index contributed by atoms with van der Waals surface area (Å²) in [5.74, 6) is 5.79. The van der Waals surface area contributed by atoms with Crippen LogP contribution in [0.2, 0.25) is 0 Å². The molecule has 0 saturated carbocycles. The standard InChI is InChI=1S/C13H15NO2/c1-3-4-5-13(15)14-10-11-6-8-12(16-2)9-7-11/h6-9H,3,10H2,1-2H3,(H,14,15). The van der Waals surface area contributed by atoms with E-state index in [1.165, 1.54) is 0 Å². The maximum Gasteiger partial charge on any atom is 0.296 e. The first-order valence-electron chi connectivity index (χ1n) is 5.16. The summed E-state index contributed by atoms with van der Waals surface area (Å²) in [6, 6.07) is 7.54. The number of carbonyl (C=O) groups is 1. The predicted octanol–water partition coefficient (Wildman–Crippen LogP) is 1.72. The van der Waals surface area contributed by atoms with Gasteiger partial charge in [-0.3, -0.25) is 4.79 Å². The quantitative estimate of drug-likeness (QED) is 0.783. The molecule has 0 aromatic heterocycles. The van der Waals surface area contributed by atoms with Crippen molar-refractivity contribution in [3.63, 3.8) is 0 Å². The first kappa shape index (κ1) is 12.1. The van der Waals surface area contributed by atoms with Gasteiger partial charge in [-0.2, -0.15) is 0 Å². The molecule has 1 N–H and O–H groups in total. The molecule has 1 amide bonds. The second-order valence-corrected chi connectivity index (χ2v) is 3.19. The summed E-state index contributed by atoms with van der Waals surface area (Å²) < 4.78 is 5.04. The fraction of sp³-hybridized carbons (Fsp3) is 0.308. The molecule has 0 bridgehead atoms. The number of rotatable bonds is 3. The van der Waals surface area contributed by atoms with Crippen LogP contribution >= 0.6 is 0 Å². The molecule has 0 heterocycles. The molecular formula is C13H15NO2. The highest BCUT2D eigenvalue weighted by atomic mass is 16.5. The van der Waals surface area contributed by atoms with Crippen LogP contribution in [0.5, 0.6) is 5.75 Å². The van der Waals surface area contributed by atoms with Crippen LogP contribution in [0.1, 0.15) is 18.9 Å². The maximum atomic E-state index is 11.2. The topological polar surface area (TPSA) is 38.3 Å². The number of methoxy groups -OCH3 is 1. The number of benzene rings is 1. The highest BCUT2D eigenvalue weighted by molar-refractivity contribution is 5.93. The number of nitrogens with one attached hydrogen (secondary N) is 1. The Morgan fingerprint density at radius 3 is 2.62 bits per heavy atom. The van der Waals surface area contributed by atoms with Crippen molar-refractivity contribution in [1.82, 2.24) is 5.32 Å². The third-order valence-corrected chi connectivity index (χ3v) is 1.99. The molecule has 0 spiro atoms. The van der Waals surface area contributed by atoms with Gasteiger partial charge in [0.05, 0.1) is 7.11 Å². The third-order valence-electron chi connectivity index (χ3n) is 1.99. The lowest BCUT2D eigenvalue weighted by Crippen LogP contribution is -2.20. The van der Waals surface area contributed by atoms with Gasteiger partial charge < -0.3 is 10.1 Å². The van der Waals surface area contributed by atoms with Crippen LogP contribution in [0.15, 0.2) is 24.3 Å². The normalized spacial score (nSPS) is 8.88. The van der Waals surface area contributed by atoms with E-state index in [2.05, 4.69) is 17.2 Å². The molecule has 0 aliphatic carbocycles. The second kappa shape index (κ2) is 6.52. The van der Waals surface area contributed by atoms with Crippen LogP contribution in [-0.2, 0) is 11.3 Å². The summed E-state index contributed by atoms with van der Waals surface area (Å²) >= 11 is 0. The van der Waals surface area contributed by atoms with Crippen LogP contribution in [0.3, 0.4) is 0 Å². The number of hydrogen-bond acceptors (Lipinski definition) is 2. The van der Waals surface area contributed by atoms with Crippen LogP contribution in [0.25, 0.3) is 0 Å². The molecular weight excluding hydrogens is 202 g/mol. The van der Waals surface area contributed by atoms with Crippen molar-refractivity contribution in [1.29, 1.82) is 0 Å². The van der Waals surface area contributed by atoms with Gasteiger partial charge in [0.1, 0.15) is 5.75 Å². The zero-order valence-electron chi connectivity index (χ0n) is 9.54. The van der Waals surface area contributed by atoms with Gasteiger partial charge in [0.15, 0.2) is 0 Å². The molecule has 3 heteroatoms. The van der Waals surface area contributed by atoms with Crippen molar-refractivity contribution in [2.24, 2.45) is 0 Å². The summed E-state index contributed by atoms with van der Waals surface area (Å²) in [7, 11) is 1.62. The number of amides is 1. The Hall–Kier alpha value is -1.95. The zero-order valence-corrected chi connectivity index (χ0v) is 9.54.